The van der Waals surface area contributed by atoms with Crippen LogP contribution in [0.25, 0.3) is 0 Å². The summed E-state index contributed by atoms with van der Waals surface area (Å²) in [5, 5.41) is 3.27. The van der Waals surface area contributed by atoms with Crippen LogP contribution in [0.3, 0.4) is 0 Å². The fraction of sp³-hybridized carbons (Fsp3) is 0.308. The Kier molecular flexibility index (Phi) is 7.69. The predicted octanol–water partition coefficient (Wildman–Crippen LogP) is 6.15. The number of rotatable bonds is 8. The van der Waals surface area contributed by atoms with Crippen molar-refractivity contribution >= 4 is 23.2 Å². The average molecular weight is 437 g/mol. The molecule has 0 fully saturated rings. The molecule has 31 heavy (non-hydrogen) atoms. The summed E-state index contributed by atoms with van der Waals surface area (Å²) in [4.78, 5) is 26.2. The fourth-order valence-corrected chi connectivity index (χ4v) is 3.90. The smallest absolute Gasteiger partial charge is 0.261 e. The Morgan fingerprint density at radius 2 is 1.74 bits per heavy atom. The van der Waals surface area contributed by atoms with Crippen LogP contribution in [0, 0.1) is 13.8 Å². The van der Waals surface area contributed by atoms with Gasteiger partial charge in [-0.2, -0.15) is 0 Å². The molecular weight excluding hydrogens is 408 g/mol. The van der Waals surface area contributed by atoms with Crippen LogP contribution in [0.1, 0.15) is 59.1 Å². The Morgan fingerprint density at radius 1 is 1.03 bits per heavy atom. The number of carbonyl (C=O) groups is 1. The molecule has 0 radical (unpaired) electrons. The van der Waals surface area contributed by atoms with Gasteiger partial charge >= 0.3 is 0 Å². The van der Waals surface area contributed by atoms with Gasteiger partial charge in [0.1, 0.15) is 5.56 Å². The Labute approximate surface area is 188 Å². The quantitative estimate of drug-likeness (QED) is 0.430. The summed E-state index contributed by atoms with van der Waals surface area (Å²) in [7, 11) is 0. The lowest BCUT2D eigenvalue weighted by Gasteiger charge is -2.20. The van der Waals surface area contributed by atoms with Crippen LogP contribution >= 0.6 is 11.6 Å². The molecule has 4 nitrogen and oxygen atoms in total. The van der Waals surface area contributed by atoms with E-state index in [0.717, 1.165) is 36.2 Å². The van der Waals surface area contributed by atoms with Gasteiger partial charge in [0.2, 0.25) is 0 Å². The third kappa shape index (κ3) is 5.65. The molecule has 0 aliphatic heterocycles. The molecule has 5 heteroatoms. The number of nitrogens with one attached hydrogen (secondary N) is 1. The van der Waals surface area contributed by atoms with Crippen LogP contribution in [0.15, 0.2) is 59.4 Å². The normalized spacial score (nSPS) is 10.8. The van der Waals surface area contributed by atoms with Crippen LogP contribution in [-0.2, 0) is 13.0 Å². The van der Waals surface area contributed by atoms with Gasteiger partial charge in [0.05, 0.1) is 10.7 Å². The van der Waals surface area contributed by atoms with Gasteiger partial charge in [-0.05, 0) is 44.4 Å². The number of benzene rings is 2. The summed E-state index contributed by atoms with van der Waals surface area (Å²) >= 11 is 6.22. The lowest BCUT2D eigenvalue weighted by atomic mass is 10.0. The Bertz CT molecular complexity index is 1120. The summed E-state index contributed by atoms with van der Waals surface area (Å²) in [5.74, 6) is -0.415. The van der Waals surface area contributed by atoms with Crippen molar-refractivity contribution in [1.82, 2.24) is 4.57 Å². The van der Waals surface area contributed by atoms with Crippen molar-refractivity contribution < 1.29 is 4.79 Å². The Hall–Kier alpha value is -2.85. The highest BCUT2D eigenvalue weighted by Gasteiger charge is 2.21. The molecule has 0 bridgehead atoms. The van der Waals surface area contributed by atoms with E-state index in [2.05, 4.69) is 48.0 Å². The molecule has 0 spiro atoms. The molecule has 0 atom stereocenters. The minimum Gasteiger partial charge on any atom is -0.343 e. The lowest BCUT2D eigenvalue weighted by molar-refractivity contribution is 0.102. The second-order valence-electron chi connectivity index (χ2n) is 7.93. The zero-order chi connectivity index (χ0) is 22.4. The average Bonchev–Trinajstić information content (AvgIpc) is 2.73. The Morgan fingerprint density at radius 3 is 2.42 bits per heavy atom. The van der Waals surface area contributed by atoms with Crippen LogP contribution in [-0.4, -0.2) is 10.5 Å². The van der Waals surface area contributed by atoms with E-state index in [9.17, 15) is 9.59 Å². The number of hydrogen-bond acceptors (Lipinski definition) is 2. The topological polar surface area (TPSA) is 51.1 Å². The highest BCUT2D eigenvalue weighted by atomic mass is 35.5. The SMILES string of the molecule is CCCCCc1c(C(=O)Nc2ccccc2Cl)c(=O)cc(C)n1Cc1ccc(C)cc1. The number of aromatic nitrogens is 1. The second-order valence-corrected chi connectivity index (χ2v) is 8.34. The lowest BCUT2D eigenvalue weighted by Crippen LogP contribution is -2.28. The summed E-state index contributed by atoms with van der Waals surface area (Å²) in [6.07, 6.45) is 3.69. The van der Waals surface area contributed by atoms with Crippen molar-refractivity contribution in [2.75, 3.05) is 5.32 Å². The molecule has 0 unspecified atom stereocenters. The minimum atomic E-state index is -0.415. The van der Waals surface area contributed by atoms with Crippen molar-refractivity contribution in [3.63, 3.8) is 0 Å². The molecular formula is C26H29ClN2O2. The predicted molar refractivity (Wildman–Crippen MR) is 128 cm³/mol. The second kappa shape index (κ2) is 10.5. The number of unbranched alkanes of at least 4 members (excludes halogenated alkanes) is 2. The van der Waals surface area contributed by atoms with E-state index in [-0.39, 0.29) is 11.0 Å². The summed E-state index contributed by atoms with van der Waals surface area (Å²) in [5.41, 5.74) is 4.41. The van der Waals surface area contributed by atoms with Crippen molar-refractivity contribution in [3.05, 3.63) is 97.9 Å². The number of para-hydroxylation sites is 1. The van der Waals surface area contributed by atoms with Gasteiger partial charge in [0.15, 0.2) is 5.43 Å². The van der Waals surface area contributed by atoms with Gasteiger partial charge in [-0.15, -0.1) is 0 Å². The molecule has 3 aromatic rings. The first-order chi connectivity index (χ1) is 14.9. The first kappa shape index (κ1) is 22.8. The number of nitrogens with zero attached hydrogens (tertiary/aromatic N) is 1. The first-order valence-electron chi connectivity index (χ1n) is 10.8. The summed E-state index contributed by atoms with van der Waals surface area (Å²) in [6, 6.07) is 16.9. The van der Waals surface area contributed by atoms with E-state index in [1.165, 1.54) is 5.56 Å². The number of anilines is 1. The molecule has 2 aromatic carbocycles. The maximum Gasteiger partial charge on any atom is 0.261 e. The van der Waals surface area contributed by atoms with Gasteiger partial charge in [-0.25, -0.2) is 0 Å². The van der Waals surface area contributed by atoms with E-state index >= 15 is 0 Å². The molecule has 1 aromatic heterocycles. The molecule has 0 aliphatic rings. The number of carbonyl (C=O) groups excluding carboxylic acids is 1. The fourth-order valence-electron chi connectivity index (χ4n) is 3.72. The standard InChI is InChI=1S/C26H29ClN2O2/c1-4-5-6-11-23-25(26(31)28-22-10-8-7-9-21(22)27)24(30)16-19(3)29(23)17-20-14-12-18(2)13-15-20/h7-10,12-16H,4-6,11,17H2,1-3H3,(H,28,31). The van der Waals surface area contributed by atoms with Crippen molar-refractivity contribution in [2.24, 2.45) is 0 Å². The van der Waals surface area contributed by atoms with E-state index < -0.39 is 5.91 Å². The van der Waals surface area contributed by atoms with Crippen LogP contribution in [0.2, 0.25) is 5.02 Å². The summed E-state index contributed by atoms with van der Waals surface area (Å²) in [6.45, 7) is 6.73. The number of hydrogen-bond donors (Lipinski definition) is 1. The third-order valence-corrected chi connectivity index (χ3v) is 5.78. The highest BCUT2D eigenvalue weighted by molar-refractivity contribution is 6.33. The monoisotopic (exact) mass is 436 g/mol. The van der Waals surface area contributed by atoms with Crippen LogP contribution in [0.4, 0.5) is 5.69 Å². The molecule has 1 amide bonds. The molecule has 0 saturated carbocycles. The van der Waals surface area contributed by atoms with Crippen LogP contribution < -0.4 is 10.7 Å². The maximum atomic E-state index is 13.2. The first-order valence-corrected chi connectivity index (χ1v) is 11.1. The highest BCUT2D eigenvalue weighted by Crippen LogP contribution is 2.22. The zero-order valence-corrected chi connectivity index (χ0v) is 19.1. The van der Waals surface area contributed by atoms with Crippen LogP contribution in [0.5, 0.6) is 0 Å². The largest absolute Gasteiger partial charge is 0.343 e. The molecule has 1 heterocycles. The Balaban J connectivity index is 2.05. The van der Waals surface area contributed by atoms with Gasteiger partial charge in [-0.1, -0.05) is 73.3 Å². The molecule has 3 rings (SSSR count). The maximum absolute atomic E-state index is 13.2. The number of halogens is 1. The molecule has 0 saturated heterocycles. The van der Waals surface area contributed by atoms with Gasteiger partial charge < -0.3 is 9.88 Å². The third-order valence-electron chi connectivity index (χ3n) is 5.45. The molecule has 162 valence electrons. The molecule has 1 N–H and O–H groups in total. The van der Waals surface area contributed by atoms with Gasteiger partial charge in [-0.3, -0.25) is 9.59 Å². The number of pyridine rings is 1. The van der Waals surface area contributed by atoms with E-state index in [0.29, 0.717) is 23.7 Å². The van der Waals surface area contributed by atoms with Crippen molar-refractivity contribution in [2.45, 2.75) is 53.0 Å². The van der Waals surface area contributed by atoms with E-state index in [1.54, 1.807) is 30.3 Å². The van der Waals surface area contributed by atoms with Crippen molar-refractivity contribution in [3.8, 4) is 0 Å². The number of amides is 1. The zero-order valence-electron chi connectivity index (χ0n) is 18.4. The van der Waals surface area contributed by atoms with Crippen molar-refractivity contribution in [1.29, 1.82) is 0 Å². The van der Waals surface area contributed by atoms with E-state index in [4.69, 9.17) is 11.6 Å². The number of aryl methyl sites for hydroxylation is 2. The van der Waals surface area contributed by atoms with E-state index in [1.807, 2.05) is 6.92 Å². The minimum absolute atomic E-state index is 0.203. The van der Waals surface area contributed by atoms with Gasteiger partial charge in [0.25, 0.3) is 5.91 Å². The summed E-state index contributed by atoms with van der Waals surface area (Å²) < 4.78 is 2.10. The van der Waals surface area contributed by atoms with Gasteiger partial charge in [0, 0.05) is 24.0 Å². The molecule has 0 aliphatic carbocycles.